The maximum atomic E-state index is 6.20. The third kappa shape index (κ3) is 4.14. The fourth-order valence-electron chi connectivity index (χ4n) is 1.93. The van der Waals surface area contributed by atoms with Crippen molar-refractivity contribution in [2.45, 2.75) is 32.1 Å². The van der Waals surface area contributed by atoms with E-state index >= 15 is 0 Å². The van der Waals surface area contributed by atoms with Crippen LogP contribution in [0.5, 0.6) is 0 Å². The van der Waals surface area contributed by atoms with E-state index in [0.29, 0.717) is 6.61 Å². The van der Waals surface area contributed by atoms with Crippen molar-refractivity contribution in [1.29, 1.82) is 0 Å². The van der Waals surface area contributed by atoms with Crippen molar-refractivity contribution in [2.24, 2.45) is 5.73 Å². The van der Waals surface area contributed by atoms with Gasteiger partial charge in [-0.05, 0) is 35.6 Å². The molecule has 1 heterocycles. The zero-order valence-corrected chi connectivity index (χ0v) is 13.3. The molecule has 2 N–H and O–H groups in total. The Labute approximate surface area is 126 Å². The first kappa shape index (κ1) is 14.7. The summed E-state index contributed by atoms with van der Waals surface area (Å²) in [5.74, 6) is 0. The van der Waals surface area contributed by atoms with Crippen LogP contribution in [0.1, 0.15) is 29.9 Å². The normalized spacial score (nSPS) is 14.3. The molecule has 0 fully saturated rings. The van der Waals surface area contributed by atoms with Crippen LogP contribution in [-0.4, -0.2) is 6.04 Å². The summed E-state index contributed by atoms with van der Waals surface area (Å²) in [5, 5.41) is 2.06. The number of ether oxygens (including phenoxy) is 1. The third-order valence-corrected chi connectivity index (χ3v) is 4.37. The first-order chi connectivity index (χ1) is 9.20. The van der Waals surface area contributed by atoms with Gasteiger partial charge < -0.3 is 10.5 Å². The van der Waals surface area contributed by atoms with Gasteiger partial charge in [0.1, 0.15) is 0 Å². The number of thiophene rings is 1. The standard InChI is InChI=1S/C15H18BrNOS/c1-2-14(17)15(11-5-3-6-12(16)9-11)18-10-13-7-4-8-19-13/h3-9,14-15H,2,10,17H2,1H3. The van der Waals surface area contributed by atoms with Crippen LogP contribution in [0.25, 0.3) is 0 Å². The predicted octanol–water partition coefficient (Wildman–Crippen LogP) is 4.51. The van der Waals surface area contributed by atoms with E-state index in [2.05, 4.69) is 46.4 Å². The SMILES string of the molecule is CCC(N)C(OCc1cccs1)c1cccc(Br)c1. The van der Waals surface area contributed by atoms with Gasteiger partial charge >= 0.3 is 0 Å². The number of halogens is 1. The largest absolute Gasteiger partial charge is 0.366 e. The van der Waals surface area contributed by atoms with Crippen LogP contribution in [0, 0.1) is 0 Å². The van der Waals surface area contributed by atoms with Crippen LogP contribution >= 0.6 is 27.3 Å². The monoisotopic (exact) mass is 339 g/mol. The molecule has 0 saturated carbocycles. The van der Waals surface area contributed by atoms with Gasteiger partial charge in [0.25, 0.3) is 0 Å². The summed E-state index contributed by atoms with van der Waals surface area (Å²) in [7, 11) is 0. The quantitative estimate of drug-likeness (QED) is 0.840. The van der Waals surface area contributed by atoms with Crippen LogP contribution in [-0.2, 0) is 11.3 Å². The van der Waals surface area contributed by atoms with Crippen LogP contribution in [0.3, 0.4) is 0 Å². The van der Waals surface area contributed by atoms with Crippen molar-refractivity contribution in [3.05, 3.63) is 56.7 Å². The Hall–Kier alpha value is -0.680. The molecule has 0 radical (unpaired) electrons. The maximum absolute atomic E-state index is 6.20. The van der Waals surface area contributed by atoms with Crippen molar-refractivity contribution in [2.75, 3.05) is 0 Å². The van der Waals surface area contributed by atoms with E-state index in [1.165, 1.54) is 4.88 Å². The molecule has 0 aliphatic rings. The molecular weight excluding hydrogens is 322 g/mol. The number of nitrogens with two attached hydrogens (primary N) is 1. The second-order valence-corrected chi connectivity index (χ2v) is 6.39. The van der Waals surface area contributed by atoms with Gasteiger partial charge in [-0.25, -0.2) is 0 Å². The molecule has 0 aliphatic heterocycles. The predicted molar refractivity (Wildman–Crippen MR) is 84.3 cm³/mol. The molecule has 1 aromatic carbocycles. The summed E-state index contributed by atoms with van der Waals surface area (Å²) in [4.78, 5) is 1.23. The summed E-state index contributed by atoms with van der Waals surface area (Å²) in [5.41, 5.74) is 7.33. The lowest BCUT2D eigenvalue weighted by Gasteiger charge is -2.24. The average molecular weight is 340 g/mol. The Kier molecular flexibility index (Phi) is 5.58. The number of benzene rings is 1. The summed E-state index contributed by atoms with van der Waals surface area (Å²) < 4.78 is 7.10. The maximum Gasteiger partial charge on any atom is 0.0980 e. The van der Waals surface area contributed by atoms with Crippen molar-refractivity contribution < 1.29 is 4.74 Å². The molecule has 0 spiro atoms. The first-order valence-electron chi connectivity index (χ1n) is 6.35. The molecule has 0 bridgehead atoms. The molecule has 2 atom stereocenters. The molecule has 1 aromatic heterocycles. The minimum absolute atomic E-state index is 0.00858. The zero-order valence-electron chi connectivity index (χ0n) is 10.9. The number of rotatable bonds is 6. The summed E-state index contributed by atoms with van der Waals surface area (Å²) >= 11 is 5.20. The molecule has 19 heavy (non-hydrogen) atoms. The molecule has 2 rings (SSSR count). The molecule has 0 aliphatic carbocycles. The second kappa shape index (κ2) is 7.20. The third-order valence-electron chi connectivity index (χ3n) is 3.02. The highest BCUT2D eigenvalue weighted by atomic mass is 79.9. The highest BCUT2D eigenvalue weighted by Crippen LogP contribution is 2.26. The second-order valence-electron chi connectivity index (χ2n) is 4.44. The van der Waals surface area contributed by atoms with E-state index in [9.17, 15) is 0 Å². The Bertz CT molecular complexity index is 501. The lowest BCUT2D eigenvalue weighted by Crippen LogP contribution is -2.29. The minimum atomic E-state index is -0.0652. The van der Waals surface area contributed by atoms with E-state index in [1.807, 2.05) is 18.2 Å². The molecular formula is C15H18BrNOS. The van der Waals surface area contributed by atoms with E-state index < -0.39 is 0 Å². The molecule has 2 unspecified atom stereocenters. The van der Waals surface area contributed by atoms with Crippen LogP contribution < -0.4 is 5.73 Å². The van der Waals surface area contributed by atoms with Gasteiger partial charge in [-0.1, -0.05) is 41.1 Å². The highest BCUT2D eigenvalue weighted by Gasteiger charge is 2.19. The topological polar surface area (TPSA) is 35.2 Å². The van der Waals surface area contributed by atoms with Gasteiger partial charge in [-0.3, -0.25) is 0 Å². The molecule has 4 heteroatoms. The van der Waals surface area contributed by atoms with E-state index in [-0.39, 0.29) is 12.1 Å². The number of hydrogen-bond donors (Lipinski definition) is 1. The van der Waals surface area contributed by atoms with Crippen LogP contribution in [0.4, 0.5) is 0 Å². The zero-order chi connectivity index (χ0) is 13.7. The average Bonchev–Trinajstić information content (AvgIpc) is 2.92. The smallest absolute Gasteiger partial charge is 0.0980 e. The Morgan fingerprint density at radius 3 is 2.79 bits per heavy atom. The molecule has 2 aromatic rings. The van der Waals surface area contributed by atoms with Gasteiger partial charge in [0.2, 0.25) is 0 Å². The summed E-state index contributed by atoms with van der Waals surface area (Å²) in [6.07, 6.45) is 0.825. The Balaban J connectivity index is 2.11. The first-order valence-corrected chi connectivity index (χ1v) is 8.03. The van der Waals surface area contributed by atoms with Crippen molar-refractivity contribution in [1.82, 2.24) is 0 Å². The van der Waals surface area contributed by atoms with E-state index in [0.717, 1.165) is 16.5 Å². The van der Waals surface area contributed by atoms with Crippen LogP contribution in [0.15, 0.2) is 46.3 Å². The van der Waals surface area contributed by atoms with Gasteiger partial charge in [-0.2, -0.15) is 0 Å². The van der Waals surface area contributed by atoms with Gasteiger partial charge in [0.15, 0.2) is 0 Å². The van der Waals surface area contributed by atoms with Gasteiger partial charge in [0.05, 0.1) is 12.7 Å². The molecule has 0 saturated heterocycles. The summed E-state index contributed by atoms with van der Waals surface area (Å²) in [6.45, 7) is 2.70. The minimum Gasteiger partial charge on any atom is -0.366 e. The van der Waals surface area contributed by atoms with E-state index in [4.69, 9.17) is 10.5 Å². The Morgan fingerprint density at radius 2 is 2.16 bits per heavy atom. The Morgan fingerprint density at radius 1 is 1.32 bits per heavy atom. The fraction of sp³-hybridized carbons (Fsp3) is 0.333. The highest BCUT2D eigenvalue weighted by molar-refractivity contribution is 9.10. The lowest BCUT2D eigenvalue weighted by molar-refractivity contribution is 0.0227. The molecule has 0 amide bonds. The van der Waals surface area contributed by atoms with Crippen molar-refractivity contribution in [3.8, 4) is 0 Å². The van der Waals surface area contributed by atoms with Crippen LogP contribution in [0.2, 0.25) is 0 Å². The van der Waals surface area contributed by atoms with Crippen molar-refractivity contribution >= 4 is 27.3 Å². The molecule has 2 nitrogen and oxygen atoms in total. The van der Waals surface area contributed by atoms with Gasteiger partial charge in [-0.15, -0.1) is 11.3 Å². The molecule has 102 valence electrons. The lowest BCUT2D eigenvalue weighted by atomic mass is 10.0. The fourth-order valence-corrected chi connectivity index (χ4v) is 2.97. The number of hydrogen-bond acceptors (Lipinski definition) is 3. The summed E-state index contributed by atoms with van der Waals surface area (Å²) in [6, 6.07) is 12.3. The van der Waals surface area contributed by atoms with Gasteiger partial charge in [0, 0.05) is 15.4 Å². The van der Waals surface area contributed by atoms with Crippen molar-refractivity contribution in [3.63, 3.8) is 0 Å². The van der Waals surface area contributed by atoms with E-state index in [1.54, 1.807) is 11.3 Å².